The number of nitrogens with two attached hydrogens (primary N) is 4. The van der Waals surface area contributed by atoms with Crippen LogP contribution in [0.25, 0.3) is 0 Å². The number of carbonyl (C=O) groups is 3. The molecule has 1 aliphatic heterocycles. The molecule has 2 aromatic carbocycles. The third-order valence-electron chi connectivity index (χ3n) is 8.59. The Labute approximate surface area is 279 Å². The van der Waals surface area contributed by atoms with Crippen LogP contribution in [0.1, 0.15) is 89.5 Å². The first kappa shape index (κ1) is 37.1. The zero-order valence-corrected chi connectivity index (χ0v) is 29.0. The first-order valence-corrected chi connectivity index (χ1v) is 16.4. The molecule has 0 unspecified atom stereocenters. The van der Waals surface area contributed by atoms with Gasteiger partial charge < -0.3 is 22.9 Å². The Bertz CT molecular complexity index is 1330. The molecule has 0 radical (unpaired) electrons. The van der Waals surface area contributed by atoms with E-state index in [4.69, 9.17) is 22.9 Å². The van der Waals surface area contributed by atoms with Crippen molar-refractivity contribution >= 4 is 29.8 Å². The van der Waals surface area contributed by atoms with E-state index in [1.165, 1.54) is 9.80 Å². The van der Waals surface area contributed by atoms with Crippen LogP contribution in [-0.2, 0) is 33.3 Å². The maximum Gasteiger partial charge on any atom is 0.333 e. The third-order valence-corrected chi connectivity index (χ3v) is 8.59. The molecule has 1 saturated heterocycles. The van der Waals surface area contributed by atoms with Crippen LogP contribution in [0, 0.1) is 5.41 Å². The number of rotatable bonds is 14. The second kappa shape index (κ2) is 15.5. The van der Waals surface area contributed by atoms with E-state index in [1.54, 1.807) is 0 Å². The minimum Gasteiger partial charge on any atom is -0.370 e. The zero-order valence-electron chi connectivity index (χ0n) is 29.0. The van der Waals surface area contributed by atoms with Crippen molar-refractivity contribution in [2.45, 2.75) is 90.9 Å². The summed E-state index contributed by atoms with van der Waals surface area (Å²) in [5.41, 5.74) is 24.2. The summed E-state index contributed by atoms with van der Waals surface area (Å²) in [6.07, 6.45) is 2.40. The Morgan fingerprint density at radius 3 is 1.23 bits per heavy atom. The molecule has 0 atom stereocenters. The number of hydrogen-bond acceptors (Lipinski definition) is 5. The van der Waals surface area contributed by atoms with Gasteiger partial charge in [-0.2, -0.15) is 0 Å². The lowest BCUT2D eigenvalue weighted by Gasteiger charge is -2.44. The van der Waals surface area contributed by atoms with Crippen LogP contribution >= 0.6 is 0 Å². The van der Waals surface area contributed by atoms with Gasteiger partial charge in [0.05, 0.1) is 0 Å². The number of aliphatic imine (C=N–C) groups is 2. The number of nitrogens with zero attached hydrogens (tertiary/aromatic N) is 4. The Morgan fingerprint density at radius 2 is 0.936 bits per heavy atom. The van der Waals surface area contributed by atoms with Gasteiger partial charge in [0.25, 0.3) is 0 Å². The molecule has 3 rings (SSSR count). The van der Waals surface area contributed by atoms with Crippen molar-refractivity contribution in [2.75, 3.05) is 26.2 Å². The van der Waals surface area contributed by atoms with E-state index >= 15 is 0 Å². The quantitative estimate of drug-likeness (QED) is 0.104. The van der Waals surface area contributed by atoms with Gasteiger partial charge in [-0.25, -0.2) is 4.79 Å². The van der Waals surface area contributed by atoms with E-state index in [0.29, 0.717) is 38.8 Å². The average Bonchev–Trinajstić information content (AvgIpc) is 2.98. The van der Waals surface area contributed by atoms with Crippen molar-refractivity contribution < 1.29 is 14.4 Å². The Balaban J connectivity index is 2.07. The van der Waals surface area contributed by atoms with Gasteiger partial charge in [-0.1, -0.05) is 90.1 Å². The molecule has 1 fully saturated rings. The molecule has 0 spiro atoms. The van der Waals surface area contributed by atoms with Gasteiger partial charge in [-0.05, 0) is 71.6 Å². The molecule has 47 heavy (non-hydrogen) atoms. The first-order valence-electron chi connectivity index (χ1n) is 16.4. The highest BCUT2D eigenvalue weighted by Crippen LogP contribution is 2.38. The predicted molar refractivity (Wildman–Crippen MR) is 189 cm³/mol. The number of hydrogen-bond donors (Lipinski definition) is 4. The van der Waals surface area contributed by atoms with E-state index in [2.05, 4.69) is 51.5 Å². The van der Waals surface area contributed by atoms with Gasteiger partial charge in [0.15, 0.2) is 11.9 Å². The molecule has 8 N–H and O–H groups in total. The van der Waals surface area contributed by atoms with Crippen LogP contribution in [0.2, 0.25) is 0 Å². The smallest absolute Gasteiger partial charge is 0.333 e. The summed E-state index contributed by atoms with van der Waals surface area (Å²) in [6, 6.07) is 15.5. The maximum atomic E-state index is 14.6. The van der Waals surface area contributed by atoms with Gasteiger partial charge in [0.2, 0.25) is 11.8 Å². The van der Waals surface area contributed by atoms with E-state index in [0.717, 1.165) is 22.3 Å². The third kappa shape index (κ3) is 9.79. The number of imide groups is 2. The highest BCUT2D eigenvalue weighted by atomic mass is 16.2. The first-order chi connectivity index (χ1) is 22.0. The summed E-state index contributed by atoms with van der Waals surface area (Å²) in [5.74, 6) is -0.986. The topological polar surface area (TPSA) is 186 Å². The minimum absolute atomic E-state index is 0.0124. The van der Waals surface area contributed by atoms with E-state index in [9.17, 15) is 14.4 Å². The summed E-state index contributed by atoms with van der Waals surface area (Å²) in [5, 5.41) is 0. The number of benzene rings is 2. The molecule has 4 amide bonds. The molecular weight excluding hydrogens is 592 g/mol. The zero-order chi connectivity index (χ0) is 35.0. The second-order valence-corrected chi connectivity index (χ2v) is 14.6. The van der Waals surface area contributed by atoms with Gasteiger partial charge in [0.1, 0.15) is 5.41 Å². The van der Waals surface area contributed by atoms with Crippen molar-refractivity contribution in [3.63, 3.8) is 0 Å². The number of carbonyl (C=O) groups excluding carboxylic acids is 3. The predicted octanol–water partition coefficient (Wildman–Crippen LogP) is 3.95. The monoisotopic (exact) mass is 646 g/mol. The number of urea groups is 1. The largest absolute Gasteiger partial charge is 0.370 e. The highest BCUT2D eigenvalue weighted by molar-refractivity contribution is 6.19. The lowest BCUT2D eigenvalue weighted by atomic mass is 9.72. The number of guanidine groups is 2. The molecule has 11 nitrogen and oxygen atoms in total. The van der Waals surface area contributed by atoms with Crippen molar-refractivity contribution in [1.82, 2.24) is 9.80 Å². The summed E-state index contributed by atoms with van der Waals surface area (Å²) in [4.78, 5) is 53.7. The molecule has 11 heteroatoms. The number of amides is 4. The van der Waals surface area contributed by atoms with Crippen molar-refractivity contribution in [2.24, 2.45) is 38.3 Å². The molecule has 0 saturated carbocycles. The van der Waals surface area contributed by atoms with Gasteiger partial charge in [-0.15, -0.1) is 0 Å². The second-order valence-electron chi connectivity index (χ2n) is 14.6. The molecule has 1 heterocycles. The minimum atomic E-state index is -1.53. The lowest BCUT2D eigenvalue weighted by molar-refractivity contribution is -0.159. The summed E-state index contributed by atoms with van der Waals surface area (Å²) in [6.45, 7) is 13.9. The summed E-state index contributed by atoms with van der Waals surface area (Å²) >= 11 is 0. The van der Waals surface area contributed by atoms with E-state index < -0.39 is 23.3 Å². The summed E-state index contributed by atoms with van der Waals surface area (Å²) in [7, 11) is 0. The summed E-state index contributed by atoms with van der Waals surface area (Å²) < 4.78 is 0. The van der Waals surface area contributed by atoms with Gasteiger partial charge in [-0.3, -0.25) is 29.4 Å². The maximum absolute atomic E-state index is 14.6. The van der Waals surface area contributed by atoms with Crippen LogP contribution in [0.4, 0.5) is 4.79 Å². The van der Waals surface area contributed by atoms with Crippen molar-refractivity contribution in [3.8, 4) is 0 Å². The van der Waals surface area contributed by atoms with Crippen molar-refractivity contribution in [3.05, 3.63) is 70.8 Å². The number of unbranched alkanes of at least 4 members (excludes halogenated alkanes) is 2. The standard InChI is InChI=1S/C36H54N8O3/c1-34(2,3)27-15-11-25(12-16-27)23-36(24-26-13-17-28(18-14-26)35(4,5)6)29(45)43(21-9-7-19-41-31(37)38)33(47)44(30(36)46)22-10-8-20-42-32(39)40/h11-18H,7-10,19-24H2,1-6H3,(H4,37,38,41)(H4,39,40,42). The van der Waals surface area contributed by atoms with Gasteiger partial charge >= 0.3 is 6.03 Å². The normalized spacial score (nSPS) is 15.1. The highest BCUT2D eigenvalue weighted by Gasteiger charge is 2.56. The molecule has 0 aromatic heterocycles. The molecule has 0 bridgehead atoms. The Kier molecular flexibility index (Phi) is 12.2. The Morgan fingerprint density at radius 1 is 0.596 bits per heavy atom. The van der Waals surface area contributed by atoms with Crippen LogP contribution in [-0.4, -0.2) is 65.7 Å². The van der Waals surface area contributed by atoms with Crippen LogP contribution < -0.4 is 22.9 Å². The van der Waals surface area contributed by atoms with Gasteiger partial charge in [0, 0.05) is 26.2 Å². The van der Waals surface area contributed by atoms with Crippen molar-refractivity contribution in [1.29, 1.82) is 0 Å². The lowest BCUT2D eigenvalue weighted by Crippen LogP contribution is -2.66. The molecular formula is C36H54N8O3. The van der Waals surface area contributed by atoms with Crippen LogP contribution in [0.5, 0.6) is 0 Å². The van der Waals surface area contributed by atoms with Crippen LogP contribution in [0.15, 0.2) is 58.5 Å². The molecule has 256 valence electrons. The Hall–Kier alpha value is -4.41. The fraction of sp³-hybridized carbons (Fsp3) is 0.528. The fourth-order valence-electron chi connectivity index (χ4n) is 5.81. The molecule has 2 aromatic rings. The van der Waals surface area contributed by atoms with Crippen LogP contribution in [0.3, 0.4) is 0 Å². The van der Waals surface area contributed by atoms with E-state index in [-0.39, 0.29) is 48.7 Å². The SMILES string of the molecule is CC(C)(C)c1ccc(CC2(Cc3ccc(C(C)(C)C)cc3)C(=O)N(CCCCN=C(N)N)C(=O)N(CCCCN=C(N)N)C2=O)cc1. The van der Waals surface area contributed by atoms with E-state index in [1.807, 2.05) is 48.5 Å². The molecule has 1 aliphatic rings. The average molecular weight is 647 g/mol. The fourth-order valence-corrected chi connectivity index (χ4v) is 5.81. The number of barbiturate groups is 1. The molecule has 0 aliphatic carbocycles.